The zero-order valence-electron chi connectivity index (χ0n) is 7.88. The Kier molecular flexibility index (Phi) is 2.66. The zero-order valence-corrected chi connectivity index (χ0v) is 7.88. The molecule has 2 aliphatic rings. The normalized spacial score (nSPS) is 42.2. The monoisotopic (exact) mass is 169 g/mol. The smallest absolute Gasteiger partial charge is 0.0495 e. The van der Waals surface area contributed by atoms with Crippen LogP contribution in [0.4, 0.5) is 0 Å². The Balaban J connectivity index is 1.72. The van der Waals surface area contributed by atoms with Gasteiger partial charge in [0, 0.05) is 19.3 Å². The molecule has 2 rings (SSSR count). The Morgan fingerprint density at radius 3 is 2.92 bits per heavy atom. The lowest BCUT2D eigenvalue weighted by atomic mass is 9.92. The maximum Gasteiger partial charge on any atom is 0.0495 e. The third-order valence-electron chi connectivity index (χ3n) is 3.13. The van der Waals surface area contributed by atoms with Gasteiger partial charge in [0.05, 0.1) is 0 Å². The lowest BCUT2D eigenvalue weighted by Gasteiger charge is -2.12. The molecule has 3 atom stereocenters. The van der Waals surface area contributed by atoms with Crippen molar-refractivity contribution < 1.29 is 4.74 Å². The van der Waals surface area contributed by atoms with Crippen molar-refractivity contribution in [2.75, 3.05) is 19.8 Å². The van der Waals surface area contributed by atoms with E-state index in [0.29, 0.717) is 0 Å². The van der Waals surface area contributed by atoms with Gasteiger partial charge in [0.1, 0.15) is 0 Å². The van der Waals surface area contributed by atoms with Crippen LogP contribution in [0.25, 0.3) is 0 Å². The highest BCUT2D eigenvalue weighted by Gasteiger charge is 2.25. The first kappa shape index (κ1) is 8.52. The molecule has 0 aromatic carbocycles. The van der Waals surface area contributed by atoms with E-state index in [1.807, 2.05) is 0 Å². The van der Waals surface area contributed by atoms with E-state index in [1.54, 1.807) is 0 Å². The Morgan fingerprint density at radius 2 is 2.33 bits per heavy atom. The van der Waals surface area contributed by atoms with E-state index >= 15 is 0 Å². The summed E-state index contributed by atoms with van der Waals surface area (Å²) in [6, 6.07) is 0.748. The van der Waals surface area contributed by atoms with Gasteiger partial charge in [0.15, 0.2) is 0 Å². The fourth-order valence-corrected chi connectivity index (χ4v) is 2.45. The minimum absolute atomic E-state index is 0.748. The Bertz CT molecular complexity index is 143. The highest BCUT2D eigenvalue weighted by molar-refractivity contribution is 4.81. The summed E-state index contributed by atoms with van der Waals surface area (Å²) < 4.78 is 5.37. The Morgan fingerprint density at radius 1 is 1.42 bits per heavy atom. The van der Waals surface area contributed by atoms with E-state index in [9.17, 15) is 0 Å². The fraction of sp³-hybridized carbons (Fsp3) is 1.00. The molecule has 1 N–H and O–H groups in total. The van der Waals surface area contributed by atoms with Gasteiger partial charge in [0.25, 0.3) is 0 Å². The molecule has 0 aliphatic carbocycles. The first-order chi connectivity index (χ1) is 5.84. The molecule has 0 aromatic heterocycles. The molecule has 0 radical (unpaired) electrons. The molecule has 2 fully saturated rings. The zero-order chi connectivity index (χ0) is 8.39. The van der Waals surface area contributed by atoms with Crippen LogP contribution >= 0.6 is 0 Å². The lowest BCUT2D eigenvalue weighted by Crippen LogP contribution is -2.17. The molecule has 0 saturated carbocycles. The van der Waals surface area contributed by atoms with Gasteiger partial charge in [-0.05, 0) is 44.6 Å². The van der Waals surface area contributed by atoms with Gasteiger partial charge < -0.3 is 10.1 Å². The predicted molar refractivity (Wildman–Crippen MR) is 49.1 cm³/mol. The van der Waals surface area contributed by atoms with E-state index in [0.717, 1.165) is 31.1 Å². The van der Waals surface area contributed by atoms with Gasteiger partial charge in [-0.25, -0.2) is 0 Å². The molecule has 2 saturated heterocycles. The van der Waals surface area contributed by atoms with Crippen molar-refractivity contribution in [3.8, 4) is 0 Å². The van der Waals surface area contributed by atoms with Crippen LogP contribution in [0.5, 0.6) is 0 Å². The predicted octanol–water partition coefficient (Wildman–Crippen LogP) is 1.41. The topological polar surface area (TPSA) is 21.3 Å². The van der Waals surface area contributed by atoms with Crippen LogP contribution in [-0.2, 0) is 4.74 Å². The summed E-state index contributed by atoms with van der Waals surface area (Å²) in [5.41, 5.74) is 0. The average molecular weight is 169 g/mol. The molecular weight excluding hydrogens is 150 g/mol. The van der Waals surface area contributed by atoms with Gasteiger partial charge in [-0.1, -0.05) is 0 Å². The highest BCUT2D eigenvalue weighted by atomic mass is 16.5. The molecule has 2 nitrogen and oxygen atoms in total. The van der Waals surface area contributed by atoms with Gasteiger partial charge >= 0.3 is 0 Å². The van der Waals surface area contributed by atoms with Crippen molar-refractivity contribution in [3.63, 3.8) is 0 Å². The Hall–Kier alpha value is -0.0800. The lowest BCUT2D eigenvalue weighted by molar-refractivity contribution is 0.180. The van der Waals surface area contributed by atoms with Crippen LogP contribution in [0.3, 0.4) is 0 Å². The van der Waals surface area contributed by atoms with Crippen molar-refractivity contribution in [1.82, 2.24) is 5.32 Å². The summed E-state index contributed by atoms with van der Waals surface area (Å²) in [5.74, 6) is 1.79. The molecule has 0 spiro atoms. The van der Waals surface area contributed by atoms with Crippen molar-refractivity contribution in [3.05, 3.63) is 0 Å². The standard InChI is InChI=1S/C10H19NO/c1-8-4-10(6-11-8)5-9-2-3-12-7-9/h8-11H,2-7H2,1H3. The number of nitrogens with one attached hydrogen (secondary N) is 1. The van der Waals surface area contributed by atoms with Crippen molar-refractivity contribution in [1.29, 1.82) is 0 Å². The van der Waals surface area contributed by atoms with Crippen LogP contribution in [0, 0.1) is 11.8 Å². The van der Waals surface area contributed by atoms with Gasteiger partial charge in [-0.3, -0.25) is 0 Å². The summed E-state index contributed by atoms with van der Waals surface area (Å²) in [4.78, 5) is 0. The maximum atomic E-state index is 5.37. The van der Waals surface area contributed by atoms with Crippen LogP contribution in [0.2, 0.25) is 0 Å². The summed E-state index contributed by atoms with van der Waals surface area (Å²) >= 11 is 0. The number of rotatable bonds is 2. The second-order valence-corrected chi connectivity index (χ2v) is 4.38. The molecule has 2 heteroatoms. The number of hydrogen-bond donors (Lipinski definition) is 1. The van der Waals surface area contributed by atoms with Crippen LogP contribution in [-0.4, -0.2) is 25.8 Å². The molecule has 0 aromatic rings. The van der Waals surface area contributed by atoms with Crippen LogP contribution in [0.1, 0.15) is 26.2 Å². The molecule has 2 heterocycles. The van der Waals surface area contributed by atoms with Crippen molar-refractivity contribution in [2.24, 2.45) is 11.8 Å². The van der Waals surface area contributed by atoms with Crippen molar-refractivity contribution >= 4 is 0 Å². The fourth-order valence-electron chi connectivity index (χ4n) is 2.45. The van der Waals surface area contributed by atoms with Crippen molar-refractivity contribution in [2.45, 2.75) is 32.2 Å². The van der Waals surface area contributed by atoms with E-state index in [-0.39, 0.29) is 0 Å². The number of hydrogen-bond acceptors (Lipinski definition) is 2. The molecule has 0 bridgehead atoms. The third kappa shape index (κ3) is 1.99. The van der Waals surface area contributed by atoms with Gasteiger partial charge in [-0.15, -0.1) is 0 Å². The number of ether oxygens (including phenoxy) is 1. The van der Waals surface area contributed by atoms with Gasteiger partial charge in [0.2, 0.25) is 0 Å². The molecule has 3 unspecified atom stereocenters. The second-order valence-electron chi connectivity index (χ2n) is 4.38. The minimum Gasteiger partial charge on any atom is -0.381 e. The van der Waals surface area contributed by atoms with Gasteiger partial charge in [-0.2, -0.15) is 0 Å². The first-order valence-corrected chi connectivity index (χ1v) is 5.15. The first-order valence-electron chi connectivity index (χ1n) is 5.15. The summed E-state index contributed by atoms with van der Waals surface area (Å²) in [6.07, 6.45) is 4.05. The maximum absolute atomic E-state index is 5.37. The molecule has 0 amide bonds. The van der Waals surface area contributed by atoms with Crippen LogP contribution in [0.15, 0.2) is 0 Å². The summed E-state index contributed by atoms with van der Waals surface area (Å²) in [5, 5.41) is 3.50. The minimum atomic E-state index is 0.748. The highest BCUT2D eigenvalue weighted by Crippen LogP contribution is 2.26. The molecule has 70 valence electrons. The molecule has 12 heavy (non-hydrogen) atoms. The van der Waals surface area contributed by atoms with Crippen LogP contribution < -0.4 is 5.32 Å². The van der Waals surface area contributed by atoms with E-state index in [2.05, 4.69) is 12.2 Å². The SMILES string of the molecule is CC1CC(CC2CCOC2)CN1. The average Bonchev–Trinajstić information content (AvgIpc) is 2.63. The second kappa shape index (κ2) is 3.75. The Labute approximate surface area is 74.7 Å². The molecule has 2 aliphatic heterocycles. The third-order valence-corrected chi connectivity index (χ3v) is 3.13. The van der Waals surface area contributed by atoms with E-state index < -0.39 is 0 Å². The van der Waals surface area contributed by atoms with E-state index in [1.165, 1.54) is 25.8 Å². The largest absolute Gasteiger partial charge is 0.381 e. The molecular formula is C10H19NO. The van der Waals surface area contributed by atoms with E-state index in [4.69, 9.17) is 4.74 Å². The summed E-state index contributed by atoms with van der Waals surface area (Å²) in [7, 11) is 0. The quantitative estimate of drug-likeness (QED) is 0.675. The summed E-state index contributed by atoms with van der Waals surface area (Å²) in [6.45, 7) is 5.54.